The first-order valence-electron chi connectivity index (χ1n) is 6.89. The summed E-state index contributed by atoms with van der Waals surface area (Å²) in [5.41, 5.74) is 2.04. The Balaban J connectivity index is 1.96. The largest absolute Gasteiger partial charge is 0.338 e. The summed E-state index contributed by atoms with van der Waals surface area (Å²) in [6, 6.07) is 9.43. The third-order valence-electron chi connectivity index (χ3n) is 2.94. The lowest BCUT2D eigenvalue weighted by Gasteiger charge is -2.06. The molecule has 6 nitrogen and oxygen atoms in total. The minimum absolute atomic E-state index is 0.135. The van der Waals surface area contributed by atoms with E-state index >= 15 is 0 Å². The van der Waals surface area contributed by atoms with E-state index in [-0.39, 0.29) is 11.7 Å². The number of benzene rings is 1. The normalized spacial score (nSPS) is 10.3. The fourth-order valence-electron chi connectivity index (χ4n) is 1.90. The first-order chi connectivity index (χ1) is 10.6. The number of carbonyl (C=O) groups excluding carboxylic acids is 2. The Morgan fingerprint density at radius 2 is 2.00 bits per heavy atom. The lowest BCUT2D eigenvalue weighted by molar-refractivity contribution is -0.117. The molecule has 1 heterocycles. The Morgan fingerprint density at radius 1 is 1.27 bits per heavy atom. The Morgan fingerprint density at radius 3 is 2.68 bits per heavy atom. The summed E-state index contributed by atoms with van der Waals surface area (Å²) in [6.07, 6.45) is 1.78. The van der Waals surface area contributed by atoms with E-state index in [0.717, 1.165) is 16.4 Å². The van der Waals surface area contributed by atoms with Crippen molar-refractivity contribution in [2.45, 2.75) is 12.1 Å². The first kappa shape index (κ1) is 16.1. The van der Waals surface area contributed by atoms with Gasteiger partial charge in [-0.3, -0.25) is 10.1 Å². The smallest absolute Gasteiger partial charge is 0.321 e. The highest BCUT2D eigenvalue weighted by atomic mass is 32.2. The van der Waals surface area contributed by atoms with E-state index in [2.05, 4.69) is 15.6 Å². The third-order valence-corrected chi connectivity index (χ3v) is 3.98. The van der Waals surface area contributed by atoms with Crippen molar-refractivity contribution in [3.8, 4) is 11.3 Å². The molecule has 0 fully saturated rings. The van der Waals surface area contributed by atoms with Gasteiger partial charge in [0.15, 0.2) is 5.16 Å². The van der Waals surface area contributed by atoms with Gasteiger partial charge < -0.3 is 9.88 Å². The van der Waals surface area contributed by atoms with Crippen molar-refractivity contribution < 1.29 is 9.59 Å². The number of amides is 3. The molecule has 3 amide bonds. The van der Waals surface area contributed by atoms with Crippen LogP contribution in [0.3, 0.4) is 0 Å². The van der Waals surface area contributed by atoms with Crippen molar-refractivity contribution in [1.82, 2.24) is 20.2 Å². The summed E-state index contributed by atoms with van der Waals surface area (Å²) >= 11 is 1.29. The number of hydrogen-bond acceptors (Lipinski definition) is 4. The van der Waals surface area contributed by atoms with Gasteiger partial charge in [0.2, 0.25) is 5.91 Å². The van der Waals surface area contributed by atoms with Crippen molar-refractivity contribution in [3.63, 3.8) is 0 Å². The molecule has 0 saturated heterocycles. The van der Waals surface area contributed by atoms with Crippen LogP contribution in [0.1, 0.15) is 6.92 Å². The summed E-state index contributed by atoms with van der Waals surface area (Å²) in [5.74, 6) is -0.212. The molecule has 0 saturated carbocycles. The topological polar surface area (TPSA) is 76.0 Å². The van der Waals surface area contributed by atoms with Crippen LogP contribution in [0.4, 0.5) is 4.79 Å². The molecule has 2 N–H and O–H groups in total. The molecule has 116 valence electrons. The van der Waals surface area contributed by atoms with Gasteiger partial charge in [0, 0.05) is 13.6 Å². The summed E-state index contributed by atoms with van der Waals surface area (Å²) in [5, 5.41) is 5.50. The number of aromatic nitrogens is 2. The quantitative estimate of drug-likeness (QED) is 0.827. The van der Waals surface area contributed by atoms with Crippen LogP contribution in [0.15, 0.2) is 41.7 Å². The number of urea groups is 1. The third kappa shape index (κ3) is 4.11. The number of imidazole rings is 1. The lowest BCUT2D eigenvalue weighted by Crippen LogP contribution is -2.40. The highest BCUT2D eigenvalue weighted by Gasteiger charge is 2.12. The monoisotopic (exact) mass is 318 g/mol. The zero-order valence-electron chi connectivity index (χ0n) is 12.5. The van der Waals surface area contributed by atoms with Gasteiger partial charge in [-0.2, -0.15) is 0 Å². The Labute approximate surface area is 133 Å². The summed E-state index contributed by atoms with van der Waals surface area (Å²) in [6.45, 7) is 2.27. The van der Waals surface area contributed by atoms with E-state index in [1.165, 1.54) is 11.8 Å². The van der Waals surface area contributed by atoms with Crippen molar-refractivity contribution >= 4 is 23.7 Å². The van der Waals surface area contributed by atoms with Crippen LogP contribution in [0.5, 0.6) is 0 Å². The predicted molar refractivity (Wildman–Crippen MR) is 86.6 cm³/mol. The number of hydrogen-bond donors (Lipinski definition) is 2. The van der Waals surface area contributed by atoms with Crippen molar-refractivity contribution in [2.75, 3.05) is 12.3 Å². The summed E-state index contributed by atoms with van der Waals surface area (Å²) in [7, 11) is 1.90. The number of carbonyl (C=O) groups is 2. The maximum absolute atomic E-state index is 11.7. The summed E-state index contributed by atoms with van der Waals surface area (Å²) in [4.78, 5) is 27.2. The maximum atomic E-state index is 11.7. The lowest BCUT2D eigenvalue weighted by atomic mass is 10.2. The van der Waals surface area contributed by atoms with Gasteiger partial charge in [0.25, 0.3) is 0 Å². The zero-order valence-corrected chi connectivity index (χ0v) is 13.3. The predicted octanol–water partition coefficient (Wildman–Crippen LogP) is 2.02. The molecule has 7 heteroatoms. The molecular formula is C15H18N4O2S. The number of nitrogens with zero attached hydrogens (tertiary/aromatic N) is 2. The zero-order chi connectivity index (χ0) is 15.9. The van der Waals surface area contributed by atoms with E-state index in [0.29, 0.717) is 6.54 Å². The van der Waals surface area contributed by atoms with E-state index in [1.54, 1.807) is 13.1 Å². The molecule has 2 rings (SSSR count). The molecule has 0 radical (unpaired) electrons. The maximum Gasteiger partial charge on any atom is 0.321 e. The van der Waals surface area contributed by atoms with E-state index in [1.807, 2.05) is 41.9 Å². The second-order valence-electron chi connectivity index (χ2n) is 4.55. The van der Waals surface area contributed by atoms with Crippen molar-refractivity contribution in [3.05, 3.63) is 36.5 Å². The Hall–Kier alpha value is -2.28. The Bertz CT molecular complexity index is 655. The highest BCUT2D eigenvalue weighted by molar-refractivity contribution is 7.99. The van der Waals surface area contributed by atoms with Crippen LogP contribution in [0.25, 0.3) is 11.3 Å². The minimum atomic E-state index is -0.474. The van der Waals surface area contributed by atoms with Crippen LogP contribution in [0, 0.1) is 0 Å². The Kier molecular flexibility index (Phi) is 5.60. The fraction of sp³-hybridized carbons (Fsp3) is 0.267. The molecule has 0 atom stereocenters. The van der Waals surface area contributed by atoms with E-state index in [9.17, 15) is 9.59 Å². The van der Waals surface area contributed by atoms with Crippen LogP contribution in [-0.2, 0) is 11.8 Å². The molecule has 1 aromatic heterocycles. The van der Waals surface area contributed by atoms with Crippen molar-refractivity contribution in [1.29, 1.82) is 0 Å². The standard InChI is InChI=1S/C15H18N4O2S/c1-3-16-14(21)18-13(20)10-22-15-17-9-12(19(15)2)11-7-5-4-6-8-11/h4-9H,3,10H2,1-2H3,(H2,16,18,20,21). The molecule has 2 aromatic rings. The molecule has 0 aliphatic rings. The van der Waals surface area contributed by atoms with Gasteiger partial charge in [0.1, 0.15) is 0 Å². The molecule has 0 aliphatic heterocycles. The number of imide groups is 1. The molecule has 0 aliphatic carbocycles. The molecule has 0 unspecified atom stereocenters. The molecule has 22 heavy (non-hydrogen) atoms. The van der Waals surface area contributed by atoms with Crippen LogP contribution >= 0.6 is 11.8 Å². The number of thioether (sulfide) groups is 1. The van der Waals surface area contributed by atoms with Gasteiger partial charge in [-0.1, -0.05) is 42.1 Å². The second kappa shape index (κ2) is 7.65. The molecule has 0 bridgehead atoms. The second-order valence-corrected chi connectivity index (χ2v) is 5.49. The fourth-order valence-corrected chi connectivity index (χ4v) is 2.65. The van der Waals surface area contributed by atoms with Gasteiger partial charge in [-0.15, -0.1) is 0 Å². The number of rotatable bonds is 5. The van der Waals surface area contributed by atoms with Crippen LogP contribution in [0.2, 0.25) is 0 Å². The minimum Gasteiger partial charge on any atom is -0.338 e. The van der Waals surface area contributed by atoms with Gasteiger partial charge in [-0.05, 0) is 12.5 Å². The molecule has 0 spiro atoms. The summed E-state index contributed by atoms with van der Waals surface area (Å²) < 4.78 is 1.93. The number of nitrogens with one attached hydrogen (secondary N) is 2. The van der Waals surface area contributed by atoms with Gasteiger partial charge in [-0.25, -0.2) is 9.78 Å². The first-order valence-corrected chi connectivity index (χ1v) is 7.88. The van der Waals surface area contributed by atoms with E-state index < -0.39 is 6.03 Å². The van der Waals surface area contributed by atoms with Crippen LogP contribution < -0.4 is 10.6 Å². The molecule has 1 aromatic carbocycles. The average molecular weight is 318 g/mol. The SMILES string of the molecule is CCNC(=O)NC(=O)CSc1ncc(-c2ccccc2)n1C. The van der Waals surface area contributed by atoms with Gasteiger partial charge in [0.05, 0.1) is 17.6 Å². The van der Waals surface area contributed by atoms with Crippen LogP contribution in [-0.4, -0.2) is 33.8 Å². The van der Waals surface area contributed by atoms with Gasteiger partial charge >= 0.3 is 6.03 Å². The van der Waals surface area contributed by atoms with Crippen molar-refractivity contribution in [2.24, 2.45) is 7.05 Å². The highest BCUT2D eigenvalue weighted by Crippen LogP contribution is 2.24. The average Bonchev–Trinajstić information content (AvgIpc) is 2.87. The molecular weight excluding hydrogens is 300 g/mol. The van der Waals surface area contributed by atoms with E-state index in [4.69, 9.17) is 0 Å².